The lowest BCUT2D eigenvalue weighted by Gasteiger charge is -2.08. The number of carbonyl (C=O) groups is 4. The van der Waals surface area contributed by atoms with Crippen LogP contribution in [-0.4, -0.2) is 23.1 Å². The summed E-state index contributed by atoms with van der Waals surface area (Å²) in [6.07, 6.45) is 19.5. The van der Waals surface area contributed by atoms with Crippen molar-refractivity contribution in [1.29, 1.82) is 0 Å². The molecule has 4 nitrogen and oxygen atoms in total. The summed E-state index contributed by atoms with van der Waals surface area (Å²) in [4.78, 5) is 47.2. The molecule has 156 valence electrons. The SMILES string of the molecule is O=C1CCC/C=C(/C/C=C/C=C/C2=C/CCCC(=O)CCC(=O)C2)CC(=O)CC1. The number of ketones is 4. The second-order valence-electron chi connectivity index (χ2n) is 7.93. The largest absolute Gasteiger partial charge is 0.300 e. The maximum Gasteiger partial charge on any atom is 0.137 e. The molecule has 0 aromatic heterocycles. The Kier molecular flexibility index (Phi) is 10.3. The topological polar surface area (TPSA) is 68.3 Å². The molecule has 0 saturated carbocycles. The molecule has 0 heterocycles. The van der Waals surface area contributed by atoms with Crippen LogP contribution in [0.1, 0.15) is 83.5 Å². The molecule has 0 saturated heterocycles. The monoisotopic (exact) mass is 396 g/mol. The van der Waals surface area contributed by atoms with Crippen LogP contribution in [0.25, 0.3) is 0 Å². The Balaban J connectivity index is 1.88. The van der Waals surface area contributed by atoms with Gasteiger partial charge in [0.15, 0.2) is 0 Å². The summed E-state index contributed by atoms with van der Waals surface area (Å²) in [7, 11) is 0. The summed E-state index contributed by atoms with van der Waals surface area (Å²) in [5.41, 5.74) is 2.12. The summed E-state index contributed by atoms with van der Waals surface area (Å²) in [6.45, 7) is 0. The molecule has 0 radical (unpaired) electrons. The Hall–Kier alpha value is -2.36. The standard InChI is InChI=1S/C25H32O4/c26-22-12-6-4-10-20(18-24(28)16-14-22)8-2-1-3-9-21-11-5-7-13-23(27)15-17-25(29)19-21/h1-3,8,10-11H,4-7,9,12-19H2/b3-1+,8-2+,20-10-,21-11-. The Bertz CT molecular complexity index is 734. The fourth-order valence-corrected chi connectivity index (χ4v) is 3.56. The molecule has 0 amide bonds. The minimum absolute atomic E-state index is 0.115. The van der Waals surface area contributed by atoms with Crippen LogP contribution in [0.3, 0.4) is 0 Å². The Morgan fingerprint density at radius 3 is 1.93 bits per heavy atom. The van der Waals surface area contributed by atoms with Crippen molar-refractivity contribution >= 4 is 23.1 Å². The summed E-state index contributed by atoms with van der Waals surface area (Å²) in [5.74, 6) is 0.636. The van der Waals surface area contributed by atoms with Gasteiger partial charge in [0.1, 0.15) is 23.1 Å². The molecule has 4 heteroatoms. The lowest BCUT2D eigenvalue weighted by Crippen LogP contribution is -2.06. The number of rotatable bonds is 4. The third-order valence-electron chi connectivity index (χ3n) is 5.29. The molecule has 0 aromatic carbocycles. The zero-order valence-electron chi connectivity index (χ0n) is 17.3. The van der Waals surface area contributed by atoms with E-state index in [9.17, 15) is 19.2 Å². The lowest BCUT2D eigenvalue weighted by molar-refractivity contribution is -0.124. The molecule has 0 aromatic rings. The molecular formula is C25H32O4. The number of hydrogen-bond donors (Lipinski definition) is 0. The normalized spacial score (nSPS) is 25.0. The molecule has 0 spiro atoms. The second kappa shape index (κ2) is 13.0. The van der Waals surface area contributed by atoms with Gasteiger partial charge in [-0.25, -0.2) is 0 Å². The first-order valence-electron chi connectivity index (χ1n) is 10.8. The van der Waals surface area contributed by atoms with Crippen LogP contribution in [0.15, 0.2) is 47.6 Å². The predicted molar refractivity (Wildman–Crippen MR) is 114 cm³/mol. The third kappa shape index (κ3) is 10.1. The molecule has 2 rings (SSSR count). The van der Waals surface area contributed by atoms with Gasteiger partial charge in [0.05, 0.1) is 0 Å². The third-order valence-corrected chi connectivity index (χ3v) is 5.29. The molecule has 0 unspecified atom stereocenters. The second-order valence-corrected chi connectivity index (χ2v) is 7.93. The minimum Gasteiger partial charge on any atom is -0.300 e. The number of allylic oxidation sites excluding steroid dienone is 8. The highest BCUT2D eigenvalue weighted by Gasteiger charge is 2.12. The highest BCUT2D eigenvalue weighted by atomic mass is 16.1. The van der Waals surface area contributed by atoms with E-state index in [2.05, 4.69) is 12.2 Å². The first kappa shape index (κ1) is 22.9. The minimum atomic E-state index is 0.115. The summed E-state index contributed by atoms with van der Waals surface area (Å²) in [5, 5.41) is 0. The van der Waals surface area contributed by atoms with Crippen molar-refractivity contribution in [2.45, 2.75) is 83.5 Å². The zero-order chi connectivity index (χ0) is 20.9. The molecule has 2 aliphatic carbocycles. The molecule has 0 N–H and O–H groups in total. The van der Waals surface area contributed by atoms with Gasteiger partial charge < -0.3 is 0 Å². The van der Waals surface area contributed by atoms with Gasteiger partial charge in [-0.3, -0.25) is 19.2 Å². The van der Waals surface area contributed by atoms with E-state index < -0.39 is 0 Å². The van der Waals surface area contributed by atoms with Gasteiger partial charge in [-0.1, -0.05) is 42.0 Å². The average Bonchev–Trinajstić information content (AvgIpc) is 2.69. The average molecular weight is 397 g/mol. The van der Waals surface area contributed by atoms with Crippen molar-refractivity contribution in [3.63, 3.8) is 0 Å². The van der Waals surface area contributed by atoms with Crippen LogP contribution < -0.4 is 0 Å². The van der Waals surface area contributed by atoms with Crippen molar-refractivity contribution in [3.05, 3.63) is 47.6 Å². The van der Waals surface area contributed by atoms with Crippen LogP contribution in [0.4, 0.5) is 0 Å². The highest BCUT2D eigenvalue weighted by Crippen LogP contribution is 2.17. The van der Waals surface area contributed by atoms with Gasteiger partial charge in [0.2, 0.25) is 0 Å². The van der Waals surface area contributed by atoms with Gasteiger partial charge in [-0.05, 0) is 37.7 Å². The molecular weight excluding hydrogens is 364 g/mol. The lowest BCUT2D eigenvalue weighted by atomic mass is 9.97. The molecule has 0 atom stereocenters. The first-order chi connectivity index (χ1) is 14.0. The van der Waals surface area contributed by atoms with E-state index in [1.807, 2.05) is 24.3 Å². The van der Waals surface area contributed by atoms with Crippen molar-refractivity contribution in [3.8, 4) is 0 Å². The van der Waals surface area contributed by atoms with Crippen LogP contribution >= 0.6 is 0 Å². The molecule has 0 aliphatic heterocycles. The van der Waals surface area contributed by atoms with Gasteiger partial charge in [-0.2, -0.15) is 0 Å². The Labute approximate surface area is 173 Å². The fraction of sp³-hybridized carbons (Fsp3) is 0.520. The fourth-order valence-electron chi connectivity index (χ4n) is 3.56. The van der Waals surface area contributed by atoms with E-state index in [-0.39, 0.29) is 23.1 Å². The van der Waals surface area contributed by atoms with Crippen LogP contribution in [0, 0.1) is 0 Å². The van der Waals surface area contributed by atoms with Crippen molar-refractivity contribution in [2.75, 3.05) is 0 Å². The quantitative estimate of drug-likeness (QED) is 0.476. The molecule has 2 aliphatic rings. The van der Waals surface area contributed by atoms with Crippen LogP contribution in [0.2, 0.25) is 0 Å². The smallest absolute Gasteiger partial charge is 0.137 e. The Morgan fingerprint density at radius 1 is 0.655 bits per heavy atom. The van der Waals surface area contributed by atoms with E-state index in [0.717, 1.165) is 43.3 Å². The van der Waals surface area contributed by atoms with Gasteiger partial charge in [0.25, 0.3) is 0 Å². The molecule has 29 heavy (non-hydrogen) atoms. The van der Waals surface area contributed by atoms with Gasteiger partial charge in [-0.15, -0.1) is 0 Å². The number of carbonyl (C=O) groups excluding carboxylic acids is 4. The van der Waals surface area contributed by atoms with E-state index in [0.29, 0.717) is 51.4 Å². The van der Waals surface area contributed by atoms with Crippen LogP contribution in [-0.2, 0) is 19.2 Å². The van der Waals surface area contributed by atoms with E-state index >= 15 is 0 Å². The van der Waals surface area contributed by atoms with Crippen LogP contribution in [0.5, 0.6) is 0 Å². The first-order valence-corrected chi connectivity index (χ1v) is 10.8. The summed E-state index contributed by atoms with van der Waals surface area (Å²) in [6, 6.07) is 0. The summed E-state index contributed by atoms with van der Waals surface area (Å²) >= 11 is 0. The molecule has 0 fully saturated rings. The highest BCUT2D eigenvalue weighted by molar-refractivity contribution is 5.88. The summed E-state index contributed by atoms with van der Waals surface area (Å²) < 4.78 is 0. The van der Waals surface area contributed by atoms with E-state index in [4.69, 9.17) is 0 Å². The maximum atomic E-state index is 12.0. The Morgan fingerprint density at radius 2 is 1.24 bits per heavy atom. The number of Topliss-reactive ketones (excluding diaryl/α,β-unsaturated/α-hetero) is 4. The molecule has 0 bridgehead atoms. The van der Waals surface area contributed by atoms with Crippen molar-refractivity contribution in [1.82, 2.24) is 0 Å². The zero-order valence-corrected chi connectivity index (χ0v) is 17.3. The number of hydrogen-bond acceptors (Lipinski definition) is 4. The van der Waals surface area contributed by atoms with E-state index in [1.54, 1.807) is 0 Å². The van der Waals surface area contributed by atoms with Gasteiger partial charge in [0, 0.05) is 51.4 Å². The van der Waals surface area contributed by atoms with Crippen molar-refractivity contribution < 1.29 is 19.2 Å². The van der Waals surface area contributed by atoms with E-state index in [1.165, 1.54) is 0 Å². The van der Waals surface area contributed by atoms with Crippen molar-refractivity contribution in [2.24, 2.45) is 0 Å². The predicted octanol–water partition coefficient (Wildman–Crippen LogP) is 5.33. The van der Waals surface area contributed by atoms with Gasteiger partial charge >= 0.3 is 0 Å². The maximum absolute atomic E-state index is 12.0.